The highest BCUT2D eigenvalue weighted by Gasteiger charge is 2.40. The molecule has 0 aliphatic rings. The average Bonchev–Trinajstić information content (AvgIpc) is 2.93. The molecule has 3 nitrogen and oxygen atoms in total. The van der Waals surface area contributed by atoms with E-state index in [1.165, 1.54) is 109 Å². The fourth-order valence-corrected chi connectivity index (χ4v) is 14.4. The van der Waals surface area contributed by atoms with E-state index in [0.717, 1.165) is 5.38 Å². The summed E-state index contributed by atoms with van der Waals surface area (Å²) in [7, 11) is 4.46. The Kier molecular flexibility index (Phi) is 33.8. The van der Waals surface area contributed by atoms with E-state index < -0.39 is 8.80 Å². The predicted molar refractivity (Wildman–Crippen MR) is 187 cm³/mol. The van der Waals surface area contributed by atoms with Gasteiger partial charge in [0.25, 0.3) is 0 Å². The molecule has 230 valence electrons. The van der Waals surface area contributed by atoms with Gasteiger partial charge in [0.05, 0.1) is 5.38 Å². The van der Waals surface area contributed by atoms with Gasteiger partial charge in [0.15, 0.2) is 0 Å². The van der Waals surface area contributed by atoms with Crippen molar-refractivity contribution in [1.29, 1.82) is 0 Å². The standard InChI is InChI=1S/C31H60O3S4Si/c1-5-9-10-11-12-13-14-15-16-17-18-19-20-21-22-23-24-25-26-27-28-29-30-35-37-38-36-31-39(32-6-2,33-7-3)34-8-4/h25-30H,5-24,31H2,1-4H3. The zero-order chi connectivity index (χ0) is 28.5. The summed E-state index contributed by atoms with van der Waals surface area (Å²) < 4.78 is 17.7. The lowest BCUT2D eigenvalue weighted by Crippen LogP contribution is -2.48. The van der Waals surface area contributed by atoms with Gasteiger partial charge in [0, 0.05) is 19.8 Å². The number of unbranched alkanes of at least 4 members (excludes halogenated alkanes) is 16. The van der Waals surface area contributed by atoms with Gasteiger partial charge in [-0.15, -0.1) is 0 Å². The van der Waals surface area contributed by atoms with Crippen LogP contribution in [0.2, 0.25) is 0 Å². The Morgan fingerprint density at radius 3 is 1.46 bits per heavy atom. The molecule has 0 aliphatic heterocycles. The monoisotopic (exact) mass is 636 g/mol. The first-order valence-corrected chi connectivity index (χ1v) is 22.7. The van der Waals surface area contributed by atoms with Crippen molar-refractivity contribution < 1.29 is 13.3 Å². The third kappa shape index (κ3) is 28.6. The summed E-state index contributed by atoms with van der Waals surface area (Å²) in [5.74, 6) is 0. The van der Waals surface area contributed by atoms with Crippen LogP contribution in [-0.4, -0.2) is 34.0 Å². The molecule has 39 heavy (non-hydrogen) atoms. The van der Waals surface area contributed by atoms with Crippen molar-refractivity contribution in [3.63, 3.8) is 0 Å². The molecule has 0 amide bonds. The highest BCUT2D eigenvalue weighted by atomic mass is 33.7. The molecule has 0 aliphatic carbocycles. The van der Waals surface area contributed by atoms with Gasteiger partial charge in [-0.25, -0.2) is 0 Å². The van der Waals surface area contributed by atoms with Crippen LogP contribution in [-0.2, 0) is 13.3 Å². The zero-order valence-electron chi connectivity index (χ0n) is 25.7. The van der Waals surface area contributed by atoms with Crippen molar-refractivity contribution in [2.45, 2.75) is 137 Å². The molecule has 0 rings (SSSR count). The quantitative estimate of drug-likeness (QED) is 0.0323. The van der Waals surface area contributed by atoms with Crippen molar-refractivity contribution in [1.82, 2.24) is 0 Å². The lowest BCUT2D eigenvalue weighted by Gasteiger charge is -2.27. The predicted octanol–water partition coefficient (Wildman–Crippen LogP) is 12.5. The minimum Gasteiger partial charge on any atom is -0.373 e. The first-order chi connectivity index (χ1) is 19.2. The van der Waals surface area contributed by atoms with Crippen molar-refractivity contribution in [2.75, 3.05) is 25.2 Å². The first kappa shape index (κ1) is 39.7. The summed E-state index contributed by atoms with van der Waals surface area (Å²) in [6, 6.07) is 0. The van der Waals surface area contributed by atoms with Crippen LogP contribution >= 0.6 is 41.2 Å². The minimum absolute atomic E-state index is 0.627. The molecule has 0 heterocycles. The molecule has 0 bridgehead atoms. The average molecular weight is 637 g/mol. The van der Waals surface area contributed by atoms with Crippen LogP contribution in [0.1, 0.15) is 137 Å². The molecule has 0 spiro atoms. The maximum Gasteiger partial charge on any atom is 0.512 e. The molecule has 0 atom stereocenters. The smallest absolute Gasteiger partial charge is 0.373 e. The largest absolute Gasteiger partial charge is 0.512 e. The van der Waals surface area contributed by atoms with Crippen molar-refractivity contribution >= 4 is 50.0 Å². The van der Waals surface area contributed by atoms with Gasteiger partial charge in [-0.2, -0.15) is 0 Å². The van der Waals surface area contributed by atoms with E-state index in [1.807, 2.05) is 20.8 Å². The van der Waals surface area contributed by atoms with Crippen LogP contribution in [0.4, 0.5) is 0 Å². The van der Waals surface area contributed by atoms with Crippen molar-refractivity contribution in [3.05, 3.63) is 35.8 Å². The van der Waals surface area contributed by atoms with Crippen LogP contribution in [0.3, 0.4) is 0 Å². The summed E-state index contributed by atoms with van der Waals surface area (Å²) in [5, 5.41) is 2.89. The Labute approximate surface area is 259 Å². The third-order valence-electron chi connectivity index (χ3n) is 6.27. The lowest BCUT2D eigenvalue weighted by atomic mass is 10.0. The lowest BCUT2D eigenvalue weighted by molar-refractivity contribution is 0.0774. The van der Waals surface area contributed by atoms with Crippen LogP contribution in [0.15, 0.2) is 35.8 Å². The topological polar surface area (TPSA) is 27.7 Å². The third-order valence-corrected chi connectivity index (χ3v) is 16.5. The number of allylic oxidation sites excluding steroid dienone is 5. The van der Waals surface area contributed by atoms with Gasteiger partial charge in [-0.1, -0.05) is 155 Å². The summed E-state index contributed by atoms with van der Waals surface area (Å²) in [6.45, 7) is 10.2. The van der Waals surface area contributed by atoms with Crippen molar-refractivity contribution in [3.8, 4) is 0 Å². The molecular weight excluding hydrogens is 577 g/mol. The normalized spacial score (nSPS) is 12.6. The Hall–Kier alpha value is 0.717. The SMILES string of the molecule is CCCCCCCCCCCCCCCCCCC=CC=CC=CSSSSC[Si](OCC)(OCC)OCC. The van der Waals surface area contributed by atoms with E-state index in [2.05, 4.69) is 42.7 Å². The first-order valence-electron chi connectivity index (χ1n) is 15.8. The molecule has 0 unspecified atom stereocenters. The van der Waals surface area contributed by atoms with Crippen molar-refractivity contribution in [2.24, 2.45) is 0 Å². The molecule has 0 saturated carbocycles. The molecule has 0 aromatic heterocycles. The molecule has 0 aromatic carbocycles. The molecule has 0 fully saturated rings. The van der Waals surface area contributed by atoms with Gasteiger partial charge >= 0.3 is 8.80 Å². The Bertz CT molecular complexity index is 559. The van der Waals surface area contributed by atoms with E-state index in [-0.39, 0.29) is 0 Å². The molecule has 8 heteroatoms. The molecular formula is C31H60O3S4Si. The summed E-state index contributed by atoms with van der Waals surface area (Å²) in [5.41, 5.74) is 0. The second kappa shape index (κ2) is 33.2. The van der Waals surface area contributed by atoms with Gasteiger partial charge in [0.1, 0.15) is 0 Å². The molecule has 0 radical (unpaired) electrons. The van der Waals surface area contributed by atoms with Gasteiger partial charge < -0.3 is 13.3 Å². The van der Waals surface area contributed by atoms with Crippen LogP contribution in [0.5, 0.6) is 0 Å². The zero-order valence-corrected chi connectivity index (χ0v) is 29.9. The summed E-state index contributed by atoms with van der Waals surface area (Å²) in [4.78, 5) is 0. The molecule has 0 saturated heterocycles. The second-order valence-corrected chi connectivity index (χ2v) is 18.6. The second-order valence-electron chi connectivity index (χ2n) is 9.71. The number of rotatable bonds is 31. The van der Waals surface area contributed by atoms with Gasteiger partial charge in [-0.3, -0.25) is 0 Å². The fourth-order valence-electron chi connectivity index (χ4n) is 4.26. The molecule has 0 N–H and O–H groups in total. The maximum atomic E-state index is 5.88. The Morgan fingerprint density at radius 1 is 0.513 bits per heavy atom. The van der Waals surface area contributed by atoms with Crippen LogP contribution < -0.4 is 0 Å². The van der Waals surface area contributed by atoms with E-state index >= 15 is 0 Å². The van der Waals surface area contributed by atoms with E-state index in [1.54, 1.807) is 41.2 Å². The van der Waals surface area contributed by atoms with Gasteiger partial charge in [-0.05, 0) is 58.7 Å². The van der Waals surface area contributed by atoms with Crippen LogP contribution in [0.25, 0.3) is 0 Å². The minimum atomic E-state index is -2.53. The van der Waals surface area contributed by atoms with E-state index in [0.29, 0.717) is 19.8 Å². The Balaban J connectivity index is 3.51. The molecule has 0 aromatic rings. The van der Waals surface area contributed by atoms with E-state index in [4.69, 9.17) is 13.3 Å². The number of hydrogen-bond acceptors (Lipinski definition) is 7. The summed E-state index contributed by atoms with van der Waals surface area (Å²) >= 11 is 0. The Morgan fingerprint density at radius 2 is 0.974 bits per heavy atom. The highest BCUT2D eigenvalue weighted by molar-refractivity contribution is 9.26. The maximum absolute atomic E-state index is 5.88. The number of hydrogen-bond donors (Lipinski definition) is 0. The van der Waals surface area contributed by atoms with Crippen LogP contribution in [0, 0.1) is 0 Å². The highest BCUT2D eigenvalue weighted by Crippen LogP contribution is 2.44. The van der Waals surface area contributed by atoms with E-state index in [9.17, 15) is 0 Å². The fraction of sp³-hybridized carbons (Fsp3) is 0.806. The summed E-state index contributed by atoms with van der Waals surface area (Å²) in [6.07, 6.45) is 34.9. The van der Waals surface area contributed by atoms with Gasteiger partial charge in [0.2, 0.25) is 0 Å².